The second-order valence-electron chi connectivity index (χ2n) is 17.4. The third-order valence-corrected chi connectivity index (χ3v) is 13.6. The van der Waals surface area contributed by atoms with Crippen LogP contribution in [0.2, 0.25) is 0 Å². The molecule has 0 radical (unpaired) electrons. The van der Waals surface area contributed by atoms with Gasteiger partial charge in [-0.1, -0.05) is 146 Å². The minimum Gasteiger partial charge on any atom is -0.355 e. The van der Waals surface area contributed by atoms with Crippen LogP contribution in [0.5, 0.6) is 0 Å². The van der Waals surface area contributed by atoms with Gasteiger partial charge in [-0.25, -0.2) is 9.97 Å². The molecule has 0 saturated heterocycles. The van der Waals surface area contributed by atoms with Gasteiger partial charge in [0.05, 0.1) is 22.8 Å². The van der Waals surface area contributed by atoms with E-state index in [-0.39, 0.29) is 0 Å². The molecule has 0 saturated carbocycles. The summed E-state index contributed by atoms with van der Waals surface area (Å²) in [6.07, 6.45) is 8.74. The topological polar surface area (TPSA) is 57.4 Å². The van der Waals surface area contributed by atoms with Crippen LogP contribution in [0.15, 0.2) is 194 Å². The number of aromatic amines is 2. The van der Waals surface area contributed by atoms with Gasteiger partial charge in [0, 0.05) is 55.4 Å². The van der Waals surface area contributed by atoms with Crippen molar-refractivity contribution < 1.29 is 0 Å². The average Bonchev–Trinajstić information content (AvgIpc) is 4.22. The minimum atomic E-state index is 0.875. The van der Waals surface area contributed by atoms with E-state index in [0.717, 1.165) is 78.2 Å². The lowest BCUT2D eigenvalue weighted by molar-refractivity contribution is 1.31. The van der Waals surface area contributed by atoms with E-state index >= 15 is 0 Å². The van der Waals surface area contributed by atoms with Crippen LogP contribution in [0.4, 0.5) is 0 Å². The molecule has 4 heteroatoms. The van der Waals surface area contributed by atoms with Gasteiger partial charge in [-0.05, 0) is 137 Å². The van der Waals surface area contributed by atoms with E-state index in [2.05, 4.69) is 228 Å². The number of H-pyrrole nitrogens is 2. The fraction of sp³-hybridized carbons (Fsp3) is 0. The maximum Gasteiger partial charge on any atom is 0.0737 e. The fourth-order valence-corrected chi connectivity index (χ4v) is 10.8. The SMILES string of the molecule is C1=Cc2nc1cc1ccc([nH]1)c(-c1c3ccccc3cc3ccccc13)c1nc(c(-c3c4ccccc4cc4ccccc34)c3ccc([nH]3)c2-c2c3ccccc3cc3ccccc23)C=C1. The third kappa shape index (κ3) is 5.65. The van der Waals surface area contributed by atoms with Crippen molar-refractivity contribution in [3.05, 3.63) is 217 Å². The van der Waals surface area contributed by atoms with Gasteiger partial charge in [0.15, 0.2) is 0 Å². The highest BCUT2D eigenvalue weighted by Gasteiger charge is 2.23. The van der Waals surface area contributed by atoms with Crippen LogP contribution in [0.3, 0.4) is 0 Å². The Labute approximate surface area is 379 Å². The van der Waals surface area contributed by atoms with Crippen LogP contribution in [0.1, 0.15) is 22.8 Å². The van der Waals surface area contributed by atoms with Gasteiger partial charge in [0.25, 0.3) is 0 Å². The Morgan fingerprint density at radius 1 is 0.258 bits per heavy atom. The molecule has 0 atom stereocenters. The molecule has 306 valence electrons. The summed E-state index contributed by atoms with van der Waals surface area (Å²) in [7, 11) is 0. The van der Waals surface area contributed by atoms with Gasteiger partial charge in [-0.2, -0.15) is 0 Å². The lowest BCUT2D eigenvalue weighted by atomic mass is 9.91. The molecule has 0 amide bonds. The van der Waals surface area contributed by atoms with Crippen molar-refractivity contribution in [2.24, 2.45) is 0 Å². The standard InChI is InChI=1S/C62H38N4/c1-7-19-45-37(13-1)33-38-14-2-8-20-46(38)57(45)60-51-27-25-43(63-51)36-44-26-28-52(64-44)61(58-47-21-9-3-15-39(47)34-40-16-4-10-22-48(40)58)54-30-32-56(66-54)62(55-31-29-53(60)65-55)59-49-23-11-5-17-41(49)35-42-18-6-12-24-50(42)59/h1-36,63,66H. The quantitative estimate of drug-likeness (QED) is 0.174. The first-order valence-electron chi connectivity index (χ1n) is 22.6. The summed E-state index contributed by atoms with van der Waals surface area (Å²) in [5.41, 5.74) is 14.0. The monoisotopic (exact) mass is 838 g/mol. The first-order chi connectivity index (χ1) is 32.7. The van der Waals surface area contributed by atoms with E-state index in [1.165, 1.54) is 64.6 Å². The second kappa shape index (κ2) is 14.3. The van der Waals surface area contributed by atoms with Crippen LogP contribution in [0.25, 0.3) is 144 Å². The number of aromatic nitrogens is 4. The Kier molecular flexibility index (Phi) is 7.95. The number of rotatable bonds is 3. The van der Waals surface area contributed by atoms with Gasteiger partial charge in [0.1, 0.15) is 0 Å². The van der Waals surface area contributed by atoms with Crippen LogP contribution in [0, 0.1) is 0 Å². The zero-order valence-corrected chi connectivity index (χ0v) is 35.7. The molecule has 3 aromatic heterocycles. The van der Waals surface area contributed by atoms with Crippen LogP contribution in [-0.4, -0.2) is 19.9 Å². The fourth-order valence-electron chi connectivity index (χ4n) is 10.8. The van der Waals surface area contributed by atoms with E-state index in [0.29, 0.717) is 0 Å². The molecule has 0 fully saturated rings. The molecule has 2 N–H and O–H groups in total. The molecule has 66 heavy (non-hydrogen) atoms. The first kappa shape index (κ1) is 36.6. The van der Waals surface area contributed by atoms with E-state index in [4.69, 9.17) is 9.97 Å². The van der Waals surface area contributed by atoms with Crippen molar-refractivity contribution in [2.45, 2.75) is 0 Å². The molecule has 8 bridgehead atoms. The van der Waals surface area contributed by atoms with Gasteiger partial charge in [0.2, 0.25) is 0 Å². The van der Waals surface area contributed by atoms with E-state index < -0.39 is 0 Å². The predicted molar refractivity (Wildman–Crippen MR) is 280 cm³/mol. The number of benzene rings is 9. The highest BCUT2D eigenvalue weighted by atomic mass is 14.8. The van der Waals surface area contributed by atoms with Crippen molar-refractivity contribution in [3.8, 4) is 33.4 Å². The summed E-state index contributed by atoms with van der Waals surface area (Å²) >= 11 is 0. The molecule has 14 rings (SSSR count). The lowest BCUT2D eigenvalue weighted by Crippen LogP contribution is -1.92. The first-order valence-corrected chi connectivity index (χ1v) is 22.6. The Bertz CT molecular complexity index is 4020. The molecule has 0 unspecified atom stereocenters. The number of fused-ring (bicyclic) bond motifs is 14. The normalized spacial score (nSPS) is 12.4. The number of nitrogens with zero attached hydrogens (tertiary/aromatic N) is 2. The van der Waals surface area contributed by atoms with Crippen molar-refractivity contribution in [2.75, 3.05) is 0 Å². The van der Waals surface area contributed by atoms with Crippen LogP contribution >= 0.6 is 0 Å². The smallest absolute Gasteiger partial charge is 0.0737 e. The van der Waals surface area contributed by atoms with Crippen molar-refractivity contribution in [1.29, 1.82) is 0 Å². The van der Waals surface area contributed by atoms with Crippen LogP contribution in [-0.2, 0) is 0 Å². The third-order valence-electron chi connectivity index (χ3n) is 13.6. The molecule has 4 nitrogen and oxygen atoms in total. The minimum absolute atomic E-state index is 0.875. The number of hydrogen-bond acceptors (Lipinski definition) is 2. The highest BCUT2D eigenvalue weighted by Crippen LogP contribution is 2.45. The second-order valence-corrected chi connectivity index (χ2v) is 17.4. The Morgan fingerprint density at radius 2 is 0.576 bits per heavy atom. The van der Waals surface area contributed by atoms with Gasteiger partial charge in [-0.15, -0.1) is 0 Å². The molecule has 9 aromatic carbocycles. The number of hydrogen-bond donors (Lipinski definition) is 2. The zero-order chi connectivity index (χ0) is 43.3. The van der Waals surface area contributed by atoms with Crippen molar-refractivity contribution in [3.63, 3.8) is 0 Å². The summed E-state index contributed by atoms with van der Waals surface area (Å²) in [5.74, 6) is 0. The maximum absolute atomic E-state index is 5.78. The van der Waals surface area contributed by atoms with Crippen molar-refractivity contribution >= 4 is 111 Å². The predicted octanol–water partition coefficient (Wildman–Crippen LogP) is 16.6. The van der Waals surface area contributed by atoms with E-state index in [9.17, 15) is 0 Å². The molecule has 12 aromatic rings. The van der Waals surface area contributed by atoms with Crippen LogP contribution < -0.4 is 0 Å². The summed E-state index contributed by atoms with van der Waals surface area (Å²) in [6, 6.07) is 70.3. The molecule has 2 aliphatic heterocycles. The molecule has 0 aliphatic carbocycles. The Hall–Kier alpha value is -8.86. The Balaban J connectivity index is 1.20. The largest absolute Gasteiger partial charge is 0.355 e. The van der Waals surface area contributed by atoms with Gasteiger partial charge >= 0.3 is 0 Å². The summed E-state index contributed by atoms with van der Waals surface area (Å²) < 4.78 is 0. The Morgan fingerprint density at radius 3 is 0.970 bits per heavy atom. The van der Waals surface area contributed by atoms with Gasteiger partial charge in [-0.3, -0.25) is 0 Å². The highest BCUT2D eigenvalue weighted by molar-refractivity contribution is 6.20. The van der Waals surface area contributed by atoms with E-state index in [1.54, 1.807) is 0 Å². The lowest BCUT2D eigenvalue weighted by Gasteiger charge is -2.14. The molecular weight excluding hydrogens is 801 g/mol. The van der Waals surface area contributed by atoms with Crippen molar-refractivity contribution in [1.82, 2.24) is 19.9 Å². The molecule has 2 aliphatic rings. The maximum atomic E-state index is 5.78. The molecule has 5 heterocycles. The number of nitrogens with one attached hydrogen (secondary N) is 2. The average molecular weight is 839 g/mol. The summed E-state index contributed by atoms with van der Waals surface area (Å²) in [5, 5.41) is 14.1. The summed E-state index contributed by atoms with van der Waals surface area (Å²) in [4.78, 5) is 19.2. The summed E-state index contributed by atoms with van der Waals surface area (Å²) in [6.45, 7) is 0. The molecule has 0 spiro atoms. The zero-order valence-electron chi connectivity index (χ0n) is 35.7. The van der Waals surface area contributed by atoms with E-state index in [1.807, 2.05) is 0 Å². The van der Waals surface area contributed by atoms with Gasteiger partial charge < -0.3 is 9.97 Å². The molecular formula is C62H38N4.